The first kappa shape index (κ1) is 12.5. The molecule has 1 amide bonds. The van der Waals surface area contributed by atoms with Crippen LogP contribution in [0.25, 0.3) is 0 Å². The molecule has 92 valence electrons. The average molecular weight is 307 g/mol. The Bertz CT molecular complexity index is 556. The molecule has 0 radical (unpaired) electrons. The number of amides is 1. The van der Waals surface area contributed by atoms with E-state index in [2.05, 4.69) is 36.5 Å². The van der Waals surface area contributed by atoms with Crippen LogP contribution >= 0.6 is 15.9 Å². The van der Waals surface area contributed by atoms with Gasteiger partial charge in [-0.05, 0) is 34.1 Å². The van der Waals surface area contributed by atoms with Gasteiger partial charge in [0, 0.05) is 23.9 Å². The molecule has 2 rings (SSSR count). The standard InChI is InChI=1S/C12H11BrN4O/c1-14-11-3-2-8(5-16-11)12(18)17-10-4-9(13)6-15-7-10/h2-7H,1H3,(H,14,16)(H,17,18). The van der Waals surface area contributed by atoms with Crippen molar-refractivity contribution >= 4 is 33.3 Å². The van der Waals surface area contributed by atoms with Crippen molar-refractivity contribution in [1.29, 1.82) is 0 Å². The minimum Gasteiger partial charge on any atom is -0.373 e. The van der Waals surface area contributed by atoms with Crippen LogP contribution in [0.15, 0.2) is 41.3 Å². The topological polar surface area (TPSA) is 66.9 Å². The average Bonchev–Trinajstić information content (AvgIpc) is 2.39. The molecular weight excluding hydrogens is 296 g/mol. The molecule has 2 aromatic rings. The Morgan fingerprint density at radius 2 is 2.11 bits per heavy atom. The van der Waals surface area contributed by atoms with Crippen LogP contribution in [0, 0.1) is 0 Å². The third-order valence-electron chi connectivity index (χ3n) is 2.24. The molecule has 6 heteroatoms. The molecule has 0 aromatic carbocycles. The Morgan fingerprint density at radius 1 is 1.28 bits per heavy atom. The van der Waals surface area contributed by atoms with E-state index >= 15 is 0 Å². The molecule has 0 aliphatic rings. The third-order valence-corrected chi connectivity index (χ3v) is 2.68. The minimum atomic E-state index is -0.218. The van der Waals surface area contributed by atoms with Crippen LogP contribution in [0.4, 0.5) is 11.5 Å². The second-order valence-electron chi connectivity index (χ2n) is 3.53. The highest BCUT2D eigenvalue weighted by Crippen LogP contribution is 2.14. The lowest BCUT2D eigenvalue weighted by atomic mass is 10.2. The lowest BCUT2D eigenvalue weighted by Crippen LogP contribution is -2.12. The Morgan fingerprint density at radius 3 is 2.72 bits per heavy atom. The van der Waals surface area contributed by atoms with E-state index in [0.717, 1.165) is 10.3 Å². The smallest absolute Gasteiger partial charge is 0.257 e. The molecule has 0 spiro atoms. The van der Waals surface area contributed by atoms with Gasteiger partial charge in [-0.15, -0.1) is 0 Å². The molecule has 0 atom stereocenters. The van der Waals surface area contributed by atoms with Gasteiger partial charge >= 0.3 is 0 Å². The van der Waals surface area contributed by atoms with Gasteiger partial charge < -0.3 is 10.6 Å². The number of carbonyl (C=O) groups is 1. The van der Waals surface area contributed by atoms with Crippen molar-refractivity contribution in [2.45, 2.75) is 0 Å². The summed E-state index contributed by atoms with van der Waals surface area (Å²) < 4.78 is 0.809. The number of carbonyl (C=O) groups excluding carboxylic acids is 1. The Kier molecular flexibility index (Phi) is 3.88. The predicted molar refractivity (Wildman–Crippen MR) is 73.7 cm³/mol. The van der Waals surface area contributed by atoms with Crippen molar-refractivity contribution in [3.63, 3.8) is 0 Å². The summed E-state index contributed by atoms with van der Waals surface area (Å²) in [6.07, 6.45) is 4.75. The third kappa shape index (κ3) is 3.04. The van der Waals surface area contributed by atoms with Crippen LogP contribution in [0.3, 0.4) is 0 Å². The fourth-order valence-corrected chi connectivity index (χ4v) is 1.72. The fraction of sp³-hybridized carbons (Fsp3) is 0.0833. The molecule has 0 fully saturated rings. The van der Waals surface area contributed by atoms with E-state index in [-0.39, 0.29) is 5.91 Å². The van der Waals surface area contributed by atoms with Crippen molar-refractivity contribution in [2.75, 3.05) is 17.7 Å². The fourth-order valence-electron chi connectivity index (χ4n) is 1.36. The zero-order valence-electron chi connectivity index (χ0n) is 9.64. The van der Waals surface area contributed by atoms with Crippen molar-refractivity contribution < 1.29 is 4.79 Å². The highest BCUT2D eigenvalue weighted by Gasteiger charge is 2.06. The summed E-state index contributed by atoms with van der Waals surface area (Å²) in [5.74, 6) is 0.501. The van der Waals surface area contributed by atoms with Crippen molar-refractivity contribution in [2.24, 2.45) is 0 Å². The van der Waals surface area contributed by atoms with Crippen LogP contribution in [0.5, 0.6) is 0 Å². The second kappa shape index (κ2) is 5.59. The van der Waals surface area contributed by atoms with Crippen LogP contribution < -0.4 is 10.6 Å². The minimum absolute atomic E-state index is 0.218. The molecule has 0 saturated heterocycles. The Hall–Kier alpha value is -1.95. The van der Waals surface area contributed by atoms with Gasteiger partial charge in [-0.3, -0.25) is 9.78 Å². The van der Waals surface area contributed by atoms with Crippen LogP contribution in [0.2, 0.25) is 0 Å². The maximum Gasteiger partial charge on any atom is 0.257 e. The summed E-state index contributed by atoms with van der Waals surface area (Å²) in [7, 11) is 1.77. The number of rotatable bonds is 3. The molecule has 2 N–H and O–H groups in total. The number of nitrogens with one attached hydrogen (secondary N) is 2. The summed E-state index contributed by atoms with van der Waals surface area (Å²) in [4.78, 5) is 20.0. The van der Waals surface area contributed by atoms with Gasteiger partial charge in [0.1, 0.15) is 5.82 Å². The van der Waals surface area contributed by atoms with Gasteiger partial charge in [-0.25, -0.2) is 4.98 Å². The molecule has 2 aromatic heterocycles. The summed E-state index contributed by atoms with van der Waals surface area (Å²) in [6.45, 7) is 0. The molecule has 2 heterocycles. The van der Waals surface area contributed by atoms with Gasteiger partial charge in [-0.1, -0.05) is 0 Å². The lowest BCUT2D eigenvalue weighted by molar-refractivity contribution is 0.102. The van der Waals surface area contributed by atoms with Gasteiger partial charge in [0.25, 0.3) is 5.91 Å². The molecule has 0 aliphatic carbocycles. The molecule has 18 heavy (non-hydrogen) atoms. The number of halogens is 1. The highest BCUT2D eigenvalue weighted by atomic mass is 79.9. The Labute approximate surface area is 113 Å². The molecule has 0 aliphatic heterocycles. The van der Waals surface area contributed by atoms with Crippen LogP contribution in [0.1, 0.15) is 10.4 Å². The van der Waals surface area contributed by atoms with Crippen LogP contribution in [-0.4, -0.2) is 22.9 Å². The summed E-state index contributed by atoms with van der Waals surface area (Å²) in [5, 5.41) is 5.64. The maximum atomic E-state index is 11.9. The van der Waals surface area contributed by atoms with Gasteiger partial charge in [0.15, 0.2) is 0 Å². The van der Waals surface area contributed by atoms with Crippen LogP contribution in [-0.2, 0) is 0 Å². The first-order valence-electron chi connectivity index (χ1n) is 5.25. The van der Waals surface area contributed by atoms with E-state index in [0.29, 0.717) is 11.3 Å². The SMILES string of the molecule is CNc1ccc(C(=O)Nc2cncc(Br)c2)cn1. The largest absolute Gasteiger partial charge is 0.373 e. The van der Waals surface area contributed by atoms with Gasteiger partial charge in [0.2, 0.25) is 0 Å². The molecule has 5 nitrogen and oxygen atoms in total. The first-order valence-corrected chi connectivity index (χ1v) is 6.04. The molecular formula is C12H11BrN4O. The lowest BCUT2D eigenvalue weighted by Gasteiger charge is -2.05. The molecule has 0 unspecified atom stereocenters. The number of anilines is 2. The maximum absolute atomic E-state index is 11.9. The van der Waals surface area contributed by atoms with Gasteiger partial charge in [0.05, 0.1) is 17.4 Å². The van der Waals surface area contributed by atoms with E-state index in [1.54, 1.807) is 37.6 Å². The highest BCUT2D eigenvalue weighted by molar-refractivity contribution is 9.10. The summed E-state index contributed by atoms with van der Waals surface area (Å²) >= 11 is 3.29. The predicted octanol–water partition coefficient (Wildman–Crippen LogP) is 2.53. The number of hydrogen-bond donors (Lipinski definition) is 2. The van der Waals surface area contributed by atoms with Crippen molar-refractivity contribution in [1.82, 2.24) is 9.97 Å². The van der Waals surface area contributed by atoms with Gasteiger partial charge in [-0.2, -0.15) is 0 Å². The summed E-state index contributed by atoms with van der Waals surface area (Å²) in [6, 6.07) is 5.23. The summed E-state index contributed by atoms with van der Waals surface area (Å²) in [5.41, 5.74) is 1.13. The van der Waals surface area contributed by atoms with E-state index < -0.39 is 0 Å². The molecule has 0 bridgehead atoms. The number of nitrogens with zero attached hydrogens (tertiary/aromatic N) is 2. The zero-order chi connectivity index (χ0) is 13.0. The quantitative estimate of drug-likeness (QED) is 0.914. The monoisotopic (exact) mass is 306 g/mol. The van der Waals surface area contributed by atoms with Crippen molar-refractivity contribution in [3.05, 3.63) is 46.8 Å². The van der Waals surface area contributed by atoms with E-state index in [1.165, 1.54) is 6.20 Å². The second-order valence-corrected chi connectivity index (χ2v) is 4.44. The first-order chi connectivity index (χ1) is 8.69. The van der Waals surface area contributed by atoms with Crippen molar-refractivity contribution in [3.8, 4) is 0 Å². The van der Waals surface area contributed by atoms with E-state index in [9.17, 15) is 4.79 Å². The van der Waals surface area contributed by atoms with E-state index in [4.69, 9.17) is 0 Å². The zero-order valence-corrected chi connectivity index (χ0v) is 11.2. The van der Waals surface area contributed by atoms with E-state index in [1.807, 2.05) is 0 Å². The number of hydrogen-bond acceptors (Lipinski definition) is 4. The Balaban J connectivity index is 2.11. The number of pyridine rings is 2. The normalized spacial score (nSPS) is 9.89. The number of aromatic nitrogens is 2. The molecule has 0 saturated carbocycles.